The van der Waals surface area contributed by atoms with Crippen LogP contribution in [0, 0.1) is 13.8 Å². The third kappa shape index (κ3) is 3.96. The maximum Gasteiger partial charge on any atom is 0.324 e. The van der Waals surface area contributed by atoms with Crippen molar-refractivity contribution >= 4 is 27.9 Å². The summed E-state index contributed by atoms with van der Waals surface area (Å²) in [6, 6.07) is 4.27. The number of carbonyl (C=O) groups is 3. The van der Waals surface area contributed by atoms with Crippen LogP contribution in [0.1, 0.15) is 17.5 Å². The highest BCUT2D eigenvalue weighted by Gasteiger charge is 2.39. The fourth-order valence-electron chi connectivity index (χ4n) is 3.33. The van der Waals surface area contributed by atoms with Gasteiger partial charge in [0.2, 0.25) is 21.8 Å². The molecular weight excluding hydrogens is 372 g/mol. The minimum atomic E-state index is -3.81. The largest absolute Gasteiger partial charge is 0.339 e. The summed E-state index contributed by atoms with van der Waals surface area (Å²) in [5.74, 6) is -0.701. The summed E-state index contributed by atoms with van der Waals surface area (Å²) in [5.41, 5.74) is 1.41. The number of nitrogens with zero attached hydrogens (tertiary/aromatic N) is 2. The first-order chi connectivity index (χ1) is 12.7. The second-order valence-electron chi connectivity index (χ2n) is 6.80. The Kier molecular flexibility index (Phi) is 5.20. The van der Waals surface area contributed by atoms with Crippen LogP contribution in [0.25, 0.3) is 0 Å². The second kappa shape index (κ2) is 7.28. The van der Waals surface area contributed by atoms with Crippen LogP contribution in [0.3, 0.4) is 0 Å². The number of amides is 4. The molecule has 1 unspecified atom stereocenters. The normalized spacial score (nSPS) is 20.3. The monoisotopic (exact) mass is 394 g/mol. The summed E-state index contributed by atoms with van der Waals surface area (Å²) < 4.78 is 27.3. The van der Waals surface area contributed by atoms with Crippen molar-refractivity contribution in [3.63, 3.8) is 0 Å². The molecule has 0 bridgehead atoms. The van der Waals surface area contributed by atoms with Crippen molar-refractivity contribution in [3.05, 3.63) is 29.3 Å². The smallest absolute Gasteiger partial charge is 0.324 e. The van der Waals surface area contributed by atoms with E-state index in [9.17, 15) is 22.8 Å². The molecule has 0 aromatic heterocycles. The predicted molar refractivity (Wildman–Crippen MR) is 96.3 cm³/mol. The van der Waals surface area contributed by atoms with Crippen LogP contribution < -0.4 is 10.0 Å². The summed E-state index contributed by atoms with van der Waals surface area (Å²) in [7, 11) is -3.81. The lowest BCUT2D eigenvalue weighted by Crippen LogP contribution is -2.44. The van der Waals surface area contributed by atoms with E-state index in [1.54, 1.807) is 26.0 Å². The van der Waals surface area contributed by atoms with Crippen LogP contribution in [-0.2, 0) is 19.6 Å². The molecule has 2 N–H and O–H groups in total. The molecule has 2 saturated heterocycles. The lowest BCUT2D eigenvalue weighted by molar-refractivity contribution is -0.130. The maximum absolute atomic E-state index is 12.5. The maximum atomic E-state index is 12.5. The van der Waals surface area contributed by atoms with Crippen molar-refractivity contribution in [2.75, 3.05) is 26.2 Å². The zero-order valence-corrected chi connectivity index (χ0v) is 16.0. The van der Waals surface area contributed by atoms with E-state index in [-0.39, 0.29) is 36.5 Å². The fraction of sp³-hybridized carbons (Fsp3) is 0.471. The lowest BCUT2D eigenvalue weighted by atomic mass is 10.2. The number of imide groups is 1. The Morgan fingerprint density at radius 2 is 2.04 bits per heavy atom. The molecule has 0 spiro atoms. The first-order valence-electron chi connectivity index (χ1n) is 8.63. The van der Waals surface area contributed by atoms with Gasteiger partial charge >= 0.3 is 6.03 Å². The van der Waals surface area contributed by atoms with Crippen molar-refractivity contribution in [2.45, 2.75) is 31.2 Å². The molecule has 0 aliphatic carbocycles. The van der Waals surface area contributed by atoms with Crippen LogP contribution in [0.2, 0.25) is 0 Å². The van der Waals surface area contributed by atoms with E-state index >= 15 is 0 Å². The number of likely N-dealkylation sites (tertiary alicyclic amines) is 1. The van der Waals surface area contributed by atoms with Crippen molar-refractivity contribution in [3.8, 4) is 0 Å². The van der Waals surface area contributed by atoms with E-state index in [1.807, 2.05) is 6.07 Å². The number of sulfonamides is 1. The van der Waals surface area contributed by atoms with Gasteiger partial charge in [0.05, 0.1) is 24.0 Å². The van der Waals surface area contributed by atoms with Gasteiger partial charge in [0.15, 0.2) is 0 Å². The topological polar surface area (TPSA) is 116 Å². The van der Waals surface area contributed by atoms with Gasteiger partial charge in [-0.25, -0.2) is 17.9 Å². The van der Waals surface area contributed by atoms with E-state index in [0.29, 0.717) is 18.5 Å². The molecule has 10 heteroatoms. The molecule has 0 radical (unpaired) electrons. The molecule has 4 amide bonds. The summed E-state index contributed by atoms with van der Waals surface area (Å²) in [6.07, 6.45) is 0.481. The molecule has 1 aromatic rings. The third-order valence-electron chi connectivity index (χ3n) is 4.81. The molecular formula is C17H22N4O5S. The number of hydrogen-bond acceptors (Lipinski definition) is 5. The van der Waals surface area contributed by atoms with Crippen LogP contribution in [-0.4, -0.2) is 68.3 Å². The molecule has 27 heavy (non-hydrogen) atoms. The molecule has 0 saturated carbocycles. The average Bonchev–Trinajstić information content (AvgIpc) is 3.21. The van der Waals surface area contributed by atoms with Gasteiger partial charge in [-0.05, 0) is 37.5 Å². The Morgan fingerprint density at radius 3 is 2.70 bits per heavy atom. The first kappa shape index (κ1) is 19.3. The number of hydrogen-bond donors (Lipinski definition) is 2. The standard InChI is InChI=1S/C17H22N4O5S/c1-11-3-4-12(2)14(7-11)27(25,26)19-9-15(22)20-6-5-13(10-20)21-16(23)8-18-17(21)24/h3-4,7,13,19H,5-6,8-10H2,1-2H3,(H,18,24). The second-order valence-corrected chi connectivity index (χ2v) is 8.53. The van der Waals surface area contributed by atoms with Crippen molar-refractivity contribution in [2.24, 2.45) is 0 Å². The minimum absolute atomic E-state index is 0.0288. The molecule has 9 nitrogen and oxygen atoms in total. The van der Waals surface area contributed by atoms with Crippen LogP contribution in [0.5, 0.6) is 0 Å². The van der Waals surface area contributed by atoms with Crippen molar-refractivity contribution in [1.82, 2.24) is 19.8 Å². The van der Waals surface area contributed by atoms with Gasteiger partial charge < -0.3 is 10.2 Å². The summed E-state index contributed by atoms with van der Waals surface area (Å²) in [4.78, 5) is 38.6. The van der Waals surface area contributed by atoms with Gasteiger partial charge in [0.1, 0.15) is 0 Å². The molecule has 2 aliphatic rings. The summed E-state index contributed by atoms with van der Waals surface area (Å²) in [6.45, 7) is 3.67. The Hall–Kier alpha value is -2.46. The van der Waals surface area contributed by atoms with Crippen LogP contribution >= 0.6 is 0 Å². The van der Waals surface area contributed by atoms with E-state index in [1.165, 1.54) is 4.90 Å². The Bertz CT molecular complexity index is 883. The van der Waals surface area contributed by atoms with Crippen molar-refractivity contribution in [1.29, 1.82) is 0 Å². The lowest BCUT2D eigenvalue weighted by Gasteiger charge is -2.21. The van der Waals surface area contributed by atoms with Gasteiger partial charge in [-0.1, -0.05) is 12.1 Å². The van der Waals surface area contributed by atoms with Crippen molar-refractivity contribution < 1.29 is 22.8 Å². The fourth-order valence-corrected chi connectivity index (χ4v) is 4.63. The number of benzene rings is 1. The Balaban J connectivity index is 1.60. The molecule has 1 aromatic carbocycles. The number of nitrogens with one attached hydrogen (secondary N) is 2. The zero-order valence-electron chi connectivity index (χ0n) is 15.2. The van der Waals surface area contributed by atoms with Gasteiger partial charge in [0, 0.05) is 13.1 Å². The SMILES string of the molecule is Cc1ccc(C)c(S(=O)(=O)NCC(=O)N2CCC(N3C(=O)CNC3=O)C2)c1. The van der Waals surface area contributed by atoms with Gasteiger partial charge in [-0.15, -0.1) is 0 Å². The number of aryl methyl sites for hydroxylation is 2. The molecule has 2 heterocycles. The van der Waals surface area contributed by atoms with E-state index in [0.717, 1.165) is 10.5 Å². The van der Waals surface area contributed by atoms with Gasteiger partial charge in [-0.2, -0.15) is 0 Å². The summed E-state index contributed by atoms with van der Waals surface area (Å²) >= 11 is 0. The molecule has 2 aliphatic heterocycles. The molecule has 2 fully saturated rings. The minimum Gasteiger partial charge on any atom is -0.339 e. The van der Waals surface area contributed by atoms with Crippen LogP contribution in [0.4, 0.5) is 4.79 Å². The Labute approximate surface area is 157 Å². The van der Waals surface area contributed by atoms with Gasteiger partial charge in [0.25, 0.3) is 0 Å². The van der Waals surface area contributed by atoms with Crippen LogP contribution in [0.15, 0.2) is 23.1 Å². The highest BCUT2D eigenvalue weighted by atomic mass is 32.2. The zero-order chi connectivity index (χ0) is 19.8. The van der Waals surface area contributed by atoms with E-state index in [4.69, 9.17) is 0 Å². The van der Waals surface area contributed by atoms with E-state index in [2.05, 4.69) is 10.0 Å². The average molecular weight is 394 g/mol. The molecule has 3 rings (SSSR count). The number of carbonyl (C=O) groups excluding carboxylic acids is 3. The predicted octanol–water partition coefficient (Wildman–Crippen LogP) is -0.266. The highest BCUT2D eigenvalue weighted by Crippen LogP contribution is 2.19. The number of rotatable bonds is 5. The highest BCUT2D eigenvalue weighted by molar-refractivity contribution is 7.89. The van der Waals surface area contributed by atoms with Gasteiger partial charge in [-0.3, -0.25) is 14.5 Å². The molecule has 146 valence electrons. The number of urea groups is 1. The quantitative estimate of drug-likeness (QED) is 0.667. The third-order valence-corrected chi connectivity index (χ3v) is 6.35. The Morgan fingerprint density at radius 1 is 1.30 bits per heavy atom. The molecule has 1 atom stereocenters. The summed E-state index contributed by atoms with van der Waals surface area (Å²) in [5, 5.41) is 2.46. The van der Waals surface area contributed by atoms with E-state index < -0.39 is 22.0 Å². The first-order valence-corrected chi connectivity index (χ1v) is 10.1.